The average Bonchev–Trinajstić information content (AvgIpc) is 2.25. The maximum Gasteiger partial charge on any atom is 0.332 e. The van der Waals surface area contributed by atoms with Crippen LogP contribution in [0.2, 0.25) is 0 Å². The lowest BCUT2D eigenvalue weighted by atomic mass is 10.2. The predicted molar refractivity (Wildman–Crippen MR) is 57.6 cm³/mol. The van der Waals surface area contributed by atoms with Crippen LogP contribution in [0.5, 0.6) is 0 Å². The monoisotopic (exact) mass is 208 g/mol. The number of rotatable bonds is 6. The van der Waals surface area contributed by atoms with Crippen LogP contribution in [0, 0.1) is 0 Å². The van der Waals surface area contributed by atoms with Crippen LogP contribution in [0.4, 0.5) is 0 Å². The lowest BCUT2D eigenvalue weighted by Crippen LogP contribution is -2.23. The molecule has 0 amide bonds. The highest BCUT2D eigenvalue weighted by Gasteiger charge is 2.16. The van der Waals surface area contributed by atoms with Gasteiger partial charge in [-0.1, -0.05) is 43.7 Å². The van der Waals surface area contributed by atoms with Gasteiger partial charge in [-0.15, -0.1) is 0 Å². The molecule has 0 saturated heterocycles. The maximum absolute atomic E-state index is 10.8. The molecule has 0 unspecified atom stereocenters. The molecule has 0 radical (unpaired) electrons. The third-order valence-corrected chi connectivity index (χ3v) is 2.12. The zero-order chi connectivity index (χ0) is 11.1. The standard InChI is InChI=1S/C12H16O3/c1-2-6-11(12(13)14)15-9-10-7-4-3-5-8-10/h3-5,7-8,11H,2,6,9H2,1H3,(H,13,14)/t11-/m0/s1. The van der Waals surface area contributed by atoms with Crippen molar-refractivity contribution in [2.45, 2.75) is 32.5 Å². The van der Waals surface area contributed by atoms with Gasteiger partial charge in [0, 0.05) is 0 Å². The molecule has 0 aliphatic heterocycles. The lowest BCUT2D eigenvalue weighted by molar-refractivity contribution is -0.151. The van der Waals surface area contributed by atoms with Gasteiger partial charge in [-0.2, -0.15) is 0 Å². The smallest absolute Gasteiger partial charge is 0.332 e. The maximum atomic E-state index is 10.8. The molecule has 0 saturated carbocycles. The molecule has 0 aliphatic rings. The molecule has 0 aliphatic carbocycles. The summed E-state index contributed by atoms with van der Waals surface area (Å²) in [5.74, 6) is -0.882. The topological polar surface area (TPSA) is 46.5 Å². The molecule has 0 heterocycles. The first-order valence-corrected chi connectivity index (χ1v) is 5.12. The second-order valence-corrected chi connectivity index (χ2v) is 3.41. The second kappa shape index (κ2) is 6.19. The number of carboxylic acid groups (broad SMARTS) is 1. The summed E-state index contributed by atoms with van der Waals surface area (Å²) in [6.07, 6.45) is 0.684. The van der Waals surface area contributed by atoms with Crippen molar-refractivity contribution in [3.8, 4) is 0 Å². The molecule has 1 N–H and O–H groups in total. The minimum absolute atomic E-state index is 0.359. The van der Waals surface area contributed by atoms with Crippen LogP contribution < -0.4 is 0 Å². The fraction of sp³-hybridized carbons (Fsp3) is 0.417. The van der Waals surface area contributed by atoms with E-state index in [-0.39, 0.29) is 0 Å². The molecule has 0 bridgehead atoms. The average molecular weight is 208 g/mol. The molecule has 1 aromatic carbocycles. The van der Waals surface area contributed by atoms with E-state index in [2.05, 4.69) is 0 Å². The number of carbonyl (C=O) groups is 1. The SMILES string of the molecule is CCC[C@H](OCc1ccccc1)C(=O)O. The fourth-order valence-corrected chi connectivity index (χ4v) is 1.31. The van der Waals surface area contributed by atoms with Crippen molar-refractivity contribution in [3.05, 3.63) is 35.9 Å². The quantitative estimate of drug-likeness (QED) is 0.781. The highest BCUT2D eigenvalue weighted by atomic mass is 16.5. The largest absolute Gasteiger partial charge is 0.479 e. The van der Waals surface area contributed by atoms with E-state index >= 15 is 0 Å². The number of carboxylic acids is 1. The molecule has 1 rings (SSSR count). The molecule has 0 fully saturated rings. The molecule has 15 heavy (non-hydrogen) atoms. The zero-order valence-corrected chi connectivity index (χ0v) is 8.85. The van der Waals surface area contributed by atoms with E-state index in [9.17, 15) is 4.79 Å². The third-order valence-electron chi connectivity index (χ3n) is 2.12. The molecular weight excluding hydrogens is 192 g/mol. The van der Waals surface area contributed by atoms with Crippen molar-refractivity contribution < 1.29 is 14.6 Å². The molecule has 82 valence electrons. The van der Waals surface area contributed by atoms with Gasteiger partial charge in [-0.25, -0.2) is 4.79 Å². The summed E-state index contributed by atoms with van der Waals surface area (Å²) >= 11 is 0. The summed E-state index contributed by atoms with van der Waals surface area (Å²) in [7, 11) is 0. The van der Waals surface area contributed by atoms with Gasteiger partial charge >= 0.3 is 5.97 Å². The summed E-state index contributed by atoms with van der Waals surface area (Å²) in [6, 6.07) is 9.59. The Bertz CT molecular complexity index is 295. The Morgan fingerprint density at radius 2 is 2.07 bits per heavy atom. The summed E-state index contributed by atoms with van der Waals surface area (Å²) in [5.41, 5.74) is 1.000. The van der Waals surface area contributed by atoms with Crippen molar-refractivity contribution in [1.82, 2.24) is 0 Å². The van der Waals surface area contributed by atoms with Gasteiger partial charge in [0.05, 0.1) is 6.61 Å². The van der Waals surface area contributed by atoms with Gasteiger partial charge in [0.15, 0.2) is 6.10 Å². The van der Waals surface area contributed by atoms with E-state index in [0.717, 1.165) is 12.0 Å². The molecule has 1 aromatic rings. The highest BCUT2D eigenvalue weighted by Crippen LogP contribution is 2.07. The van der Waals surface area contributed by atoms with E-state index in [1.165, 1.54) is 0 Å². The second-order valence-electron chi connectivity index (χ2n) is 3.41. The summed E-state index contributed by atoms with van der Waals surface area (Å²) in [5, 5.41) is 8.86. The van der Waals surface area contributed by atoms with Crippen LogP contribution in [0.25, 0.3) is 0 Å². The Morgan fingerprint density at radius 3 is 2.60 bits per heavy atom. The van der Waals surface area contributed by atoms with Crippen molar-refractivity contribution in [2.24, 2.45) is 0 Å². The minimum atomic E-state index is -0.882. The van der Waals surface area contributed by atoms with E-state index in [0.29, 0.717) is 13.0 Å². The Labute approximate surface area is 89.7 Å². The molecule has 3 nitrogen and oxygen atoms in total. The Kier molecular flexibility index (Phi) is 4.84. The number of hydrogen-bond donors (Lipinski definition) is 1. The van der Waals surface area contributed by atoms with Gasteiger partial charge in [0.2, 0.25) is 0 Å². The predicted octanol–water partition coefficient (Wildman–Crippen LogP) is 2.46. The molecule has 0 aromatic heterocycles. The number of aliphatic carboxylic acids is 1. The van der Waals surface area contributed by atoms with E-state index in [4.69, 9.17) is 9.84 Å². The Morgan fingerprint density at radius 1 is 1.40 bits per heavy atom. The van der Waals surface area contributed by atoms with Crippen LogP contribution in [-0.2, 0) is 16.1 Å². The van der Waals surface area contributed by atoms with Crippen molar-refractivity contribution in [3.63, 3.8) is 0 Å². The molecule has 0 spiro atoms. The normalized spacial score (nSPS) is 12.3. The van der Waals surface area contributed by atoms with Gasteiger partial charge in [0.25, 0.3) is 0 Å². The first kappa shape index (κ1) is 11.7. The van der Waals surface area contributed by atoms with Crippen LogP contribution in [0.1, 0.15) is 25.3 Å². The van der Waals surface area contributed by atoms with Crippen LogP contribution in [0.15, 0.2) is 30.3 Å². The molecular formula is C12H16O3. The van der Waals surface area contributed by atoms with E-state index in [1.807, 2.05) is 37.3 Å². The third kappa shape index (κ3) is 4.13. The van der Waals surface area contributed by atoms with Gasteiger partial charge in [0.1, 0.15) is 0 Å². The van der Waals surface area contributed by atoms with E-state index in [1.54, 1.807) is 0 Å². The number of hydrogen-bond acceptors (Lipinski definition) is 2. The number of ether oxygens (including phenoxy) is 1. The summed E-state index contributed by atoms with van der Waals surface area (Å²) < 4.78 is 5.33. The van der Waals surface area contributed by atoms with Crippen LogP contribution in [0.3, 0.4) is 0 Å². The Hall–Kier alpha value is -1.35. The van der Waals surface area contributed by atoms with Gasteiger partial charge in [-0.3, -0.25) is 0 Å². The molecule has 1 atom stereocenters. The van der Waals surface area contributed by atoms with Crippen molar-refractivity contribution in [2.75, 3.05) is 0 Å². The molecule has 3 heteroatoms. The highest BCUT2D eigenvalue weighted by molar-refractivity contribution is 5.72. The fourth-order valence-electron chi connectivity index (χ4n) is 1.31. The first-order chi connectivity index (χ1) is 7.24. The Balaban J connectivity index is 2.43. The number of benzene rings is 1. The minimum Gasteiger partial charge on any atom is -0.479 e. The van der Waals surface area contributed by atoms with Crippen molar-refractivity contribution >= 4 is 5.97 Å². The first-order valence-electron chi connectivity index (χ1n) is 5.12. The summed E-state index contributed by atoms with van der Waals surface area (Å²) in [4.78, 5) is 10.8. The van der Waals surface area contributed by atoms with Gasteiger partial charge < -0.3 is 9.84 Å². The van der Waals surface area contributed by atoms with E-state index < -0.39 is 12.1 Å². The lowest BCUT2D eigenvalue weighted by Gasteiger charge is -2.12. The van der Waals surface area contributed by atoms with Crippen LogP contribution in [-0.4, -0.2) is 17.2 Å². The van der Waals surface area contributed by atoms with Gasteiger partial charge in [-0.05, 0) is 12.0 Å². The summed E-state index contributed by atoms with van der Waals surface area (Å²) in [6.45, 7) is 2.31. The zero-order valence-electron chi connectivity index (χ0n) is 8.85. The van der Waals surface area contributed by atoms with Crippen molar-refractivity contribution in [1.29, 1.82) is 0 Å². The van der Waals surface area contributed by atoms with Crippen LogP contribution >= 0.6 is 0 Å².